The number of hydrogen-bond donors (Lipinski definition) is 1. The SMILES string of the molecule is O=S(=O)(c1ccc(Cl)cc1)N(Cc1ccc(-c2nnc[nH]2)cc1)Cc1c(F)cccc1F. The lowest BCUT2D eigenvalue weighted by Crippen LogP contribution is -2.31. The van der Waals surface area contributed by atoms with Gasteiger partial charge in [0.05, 0.1) is 4.90 Å². The van der Waals surface area contributed by atoms with Crippen LogP contribution in [0.5, 0.6) is 0 Å². The van der Waals surface area contributed by atoms with Crippen LogP contribution < -0.4 is 0 Å². The van der Waals surface area contributed by atoms with Crippen molar-refractivity contribution in [1.82, 2.24) is 19.5 Å². The molecule has 4 rings (SSSR count). The largest absolute Gasteiger partial charge is 0.328 e. The third-order valence-corrected chi connectivity index (χ3v) is 6.91. The van der Waals surface area contributed by atoms with E-state index >= 15 is 0 Å². The lowest BCUT2D eigenvalue weighted by molar-refractivity contribution is 0.384. The van der Waals surface area contributed by atoms with Gasteiger partial charge in [-0.15, -0.1) is 10.2 Å². The molecule has 1 aromatic heterocycles. The van der Waals surface area contributed by atoms with Crippen molar-refractivity contribution in [2.24, 2.45) is 0 Å². The van der Waals surface area contributed by atoms with Crippen LogP contribution in [0.25, 0.3) is 11.4 Å². The number of nitrogens with one attached hydrogen (secondary N) is 1. The Labute approximate surface area is 188 Å². The summed E-state index contributed by atoms with van der Waals surface area (Å²) in [4.78, 5) is 2.86. The van der Waals surface area contributed by atoms with E-state index < -0.39 is 28.2 Å². The molecule has 0 radical (unpaired) electrons. The minimum absolute atomic E-state index is 0.0306. The molecule has 0 unspecified atom stereocenters. The summed E-state index contributed by atoms with van der Waals surface area (Å²) in [7, 11) is -4.09. The van der Waals surface area contributed by atoms with Gasteiger partial charge < -0.3 is 4.98 Å². The van der Waals surface area contributed by atoms with Crippen LogP contribution in [0.1, 0.15) is 11.1 Å². The van der Waals surface area contributed by atoms with E-state index in [1.54, 1.807) is 24.3 Å². The zero-order chi connectivity index (χ0) is 22.7. The molecule has 0 aliphatic carbocycles. The van der Waals surface area contributed by atoms with E-state index in [0.29, 0.717) is 16.4 Å². The van der Waals surface area contributed by atoms with Gasteiger partial charge in [0.2, 0.25) is 10.0 Å². The molecule has 3 aromatic carbocycles. The molecule has 1 N–H and O–H groups in total. The molecule has 0 bridgehead atoms. The van der Waals surface area contributed by atoms with Crippen molar-refractivity contribution in [3.05, 3.63) is 101 Å². The van der Waals surface area contributed by atoms with Gasteiger partial charge in [0, 0.05) is 29.2 Å². The van der Waals surface area contributed by atoms with Crippen LogP contribution in [0.4, 0.5) is 8.78 Å². The van der Waals surface area contributed by atoms with Gasteiger partial charge in [-0.2, -0.15) is 4.31 Å². The number of sulfonamides is 1. The standard InChI is InChI=1S/C22H17ClF2N4O2S/c23-17-8-10-18(11-9-17)32(30,31)29(13-19-20(24)2-1-3-21(19)25)12-15-4-6-16(7-5-15)22-26-14-27-28-22/h1-11,14H,12-13H2,(H,26,27,28). The number of aromatic amines is 1. The molecule has 6 nitrogen and oxygen atoms in total. The van der Waals surface area contributed by atoms with E-state index in [0.717, 1.165) is 22.0 Å². The minimum Gasteiger partial charge on any atom is -0.328 e. The number of nitrogens with zero attached hydrogens (tertiary/aromatic N) is 3. The Bertz CT molecular complexity index is 1290. The molecule has 1 heterocycles. The first-order valence-corrected chi connectivity index (χ1v) is 11.3. The van der Waals surface area contributed by atoms with Crippen LogP contribution in [0.3, 0.4) is 0 Å². The second-order valence-electron chi connectivity index (χ2n) is 6.96. The fourth-order valence-electron chi connectivity index (χ4n) is 3.16. The molecule has 10 heteroatoms. The zero-order valence-electron chi connectivity index (χ0n) is 16.5. The summed E-state index contributed by atoms with van der Waals surface area (Å²) in [5.41, 5.74) is 1.06. The normalized spacial score (nSPS) is 11.8. The molecule has 0 saturated carbocycles. The molecule has 0 aliphatic heterocycles. The van der Waals surface area contributed by atoms with Crippen LogP contribution in [-0.2, 0) is 23.1 Å². The van der Waals surface area contributed by atoms with Gasteiger partial charge in [-0.3, -0.25) is 0 Å². The first kappa shape index (κ1) is 22.1. The summed E-state index contributed by atoms with van der Waals surface area (Å²) in [6, 6.07) is 16.0. The smallest absolute Gasteiger partial charge is 0.243 e. The lowest BCUT2D eigenvalue weighted by atomic mass is 10.1. The maximum atomic E-state index is 14.3. The predicted molar refractivity (Wildman–Crippen MR) is 116 cm³/mol. The molecule has 32 heavy (non-hydrogen) atoms. The molecule has 164 valence electrons. The minimum atomic E-state index is -4.09. The fourth-order valence-corrected chi connectivity index (χ4v) is 4.68. The van der Waals surface area contributed by atoms with Crippen molar-refractivity contribution in [2.75, 3.05) is 0 Å². The number of benzene rings is 3. The van der Waals surface area contributed by atoms with Gasteiger partial charge in [-0.25, -0.2) is 17.2 Å². The first-order chi connectivity index (χ1) is 15.3. The third-order valence-electron chi connectivity index (χ3n) is 4.85. The molecule has 0 aliphatic rings. The van der Waals surface area contributed by atoms with Crippen molar-refractivity contribution >= 4 is 21.6 Å². The van der Waals surface area contributed by atoms with Gasteiger partial charge >= 0.3 is 0 Å². The highest BCUT2D eigenvalue weighted by Gasteiger charge is 2.27. The Morgan fingerprint density at radius 1 is 0.906 bits per heavy atom. The van der Waals surface area contributed by atoms with E-state index in [2.05, 4.69) is 15.2 Å². The van der Waals surface area contributed by atoms with Gasteiger partial charge in [0.15, 0.2) is 5.82 Å². The van der Waals surface area contributed by atoms with E-state index in [1.807, 2.05) is 0 Å². The molecular weight excluding hydrogens is 458 g/mol. The van der Waals surface area contributed by atoms with E-state index in [9.17, 15) is 17.2 Å². The summed E-state index contributed by atoms with van der Waals surface area (Å²) < 4.78 is 56.3. The second-order valence-corrected chi connectivity index (χ2v) is 9.34. The van der Waals surface area contributed by atoms with Gasteiger partial charge in [0.25, 0.3) is 0 Å². The zero-order valence-corrected chi connectivity index (χ0v) is 18.1. The second kappa shape index (κ2) is 9.15. The van der Waals surface area contributed by atoms with Gasteiger partial charge in [-0.1, -0.05) is 41.9 Å². The number of hydrogen-bond acceptors (Lipinski definition) is 4. The molecule has 4 aromatic rings. The Kier molecular flexibility index (Phi) is 6.31. The highest BCUT2D eigenvalue weighted by atomic mass is 35.5. The van der Waals surface area contributed by atoms with Crippen molar-refractivity contribution in [3.63, 3.8) is 0 Å². The highest BCUT2D eigenvalue weighted by molar-refractivity contribution is 7.89. The van der Waals surface area contributed by atoms with Crippen LogP contribution in [0.15, 0.2) is 78.0 Å². The van der Waals surface area contributed by atoms with Crippen LogP contribution in [0.2, 0.25) is 5.02 Å². The Hall–Kier alpha value is -3.14. The van der Waals surface area contributed by atoms with E-state index in [-0.39, 0.29) is 17.0 Å². The topological polar surface area (TPSA) is 79.0 Å². The summed E-state index contributed by atoms with van der Waals surface area (Å²) in [6.07, 6.45) is 1.45. The predicted octanol–water partition coefficient (Wildman–Crippen LogP) is 4.79. The van der Waals surface area contributed by atoms with Crippen LogP contribution in [-0.4, -0.2) is 27.9 Å². The average molecular weight is 475 g/mol. The Morgan fingerprint density at radius 3 is 2.16 bits per heavy atom. The molecular formula is C22H17ClF2N4O2S. The van der Waals surface area contributed by atoms with Gasteiger partial charge in [0.1, 0.15) is 18.0 Å². The van der Waals surface area contributed by atoms with Crippen LogP contribution in [0, 0.1) is 11.6 Å². The summed E-state index contributed by atoms with van der Waals surface area (Å²) in [6.45, 7) is -0.581. The van der Waals surface area contributed by atoms with Crippen molar-refractivity contribution < 1.29 is 17.2 Å². The monoisotopic (exact) mass is 474 g/mol. The van der Waals surface area contributed by atoms with Crippen molar-refractivity contribution in [2.45, 2.75) is 18.0 Å². The first-order valence-electron chi connectivity index (χ1n) is 9.48. The maximum Gasteiger partial charge on any atom is 0.243 e. The summed E-state index contributed by atoms with van der Waals surface area (Å²) in [5, 5.41) is 8.04. The molecule has 0 saturated heterocycles. The quantitative estimate of drug-likeness (QED) is 0.417. The average Bonchev–Trinajstić information content (AvgIpc) is 3.31. The Balaban J connectivity index is 1.69. The van der Waals surface area contributed by atoms with Crippen LogP contribution >= 0.6 is 11.6 Å². The fraction of sp³-hybridized carbons (Fsp3) is 0.0909. The van der Waals surface area contributed by atoms with E-state index in [4.69, 9.17) is 11.6 Å². The molecule has 0 atom stereocenters. The number of rotatable bonds is 7. The lowest BCUT2D eigenvalue weighted by Gasteiger charge is -2.23. The number of H-pyrrole nitrogens is 1. The third kappa shape index (κ3) is 4.69. The maximum absolute atomic E-state index is 14.3. The van der Waals surface area contributed by atoms with Crippen molar-refractivity contribution in [1.29, 1.82) is 0 Å². The molecule has 0 amide bonds. The molecule has 0 fully saturated rings. The van der Waals surface area contributed by atoms with E-state index in [1.165, 1.54) is 36.7 Å². The van der Waals surface area contributed by atoms with Gasteiger partial charge in [-0.05, 0) is 42.0 Å². The highest BCUT2D eigenvalue weighted by Crippen LogP contribution is 2.25. The molecule has 0 spiro atoms. The van der Waals surface area contributed by atoms with Crippen molar-refractivity contribution in [3.8, 4) is 11.4 Å². The number of halogens is 3. The number of aromatic nitrogens is 3. The summed E-state index contributed by atoms with van der Waals surface area (Å²) >= 11 is 5.88. The summed E-state index contributed by atoms with van der Waals surface area (Å²) in [5.74, 6) is -1.07. The Morgan fingerprint density at radius 2 is 1.56 bits per heavy atom.